The maximum atomic E-state index is 13.5. The summed E-state index contributed by atoms with van der Waals surface area (Å²) in [4.78, 5) is 27.8. The fourth-order valence-corrected chi connectivity index (χ4v) is 6.83. The van der Waals surface area contributed by atoms with E-state index in [1.807, 2.05) is 73.3 Å². The molecule has 230 valence electrons. The summed E-state index contributed by atoms with van der Waals surface area (Å²) >= 11 is 1.87. The summed E-state index contributed by atoms with van der Waals surface area (Å²) in [5, 5.41) is 12.7. The molecule has 0 aliphatic carbocycles. The number of ether oxygens (including phenoxy) is 1. The number of nitrogens with one attached hydrogen (secondary N) is 1. The zero-order valence-electron chi connectivity index (χ0n) is 24.9. The van der Waals surface area contributed by atoms with Gasteiger partial charge in [-0.05, 0) is 66.0 Å². The summed E-state index contributed by atoms with van der Waals surface area (Å²) in [5.74, 6) is -2.16. The van der Waals surface area contributed by atoms with Gasteiger partial charge in [-0.25, -0.2) is 13.2 Å². The minimum absolute atomic E-state index is 0.211. The van der Waals surface area contributed by atoms with E-state index in [-0.39, 0.29) is 18.2 Å². The highest BCUT2D eigenvalue weighted by Crippen LogP contribution is 2.32. The van der Waals surface area contributed by atoms with Gasteiger partial charge in [0.05, 0.1) is 19.0 Å². The average Bonchev–Trinajstić information content (AvgIpc) is 3.36. The number of aliphatic carboxylic acids is 1. The number of rotatable bonds is 14. The molecule has 4 rings (SSSR count). The van der Waals surface area contributed by atoms with Crippen molar-refractivity contribution in [2.24, 2.45) is 0 Å². The van der Waals surface area contributed by atoms with Crippen molar-refractivity contribution in [3.8, 4) is 11.1 Å². The van der Waals surface area contributed by atoms with Gasteiger partial charge < -0.3 is 15.2 Å². The molecule has 3 aromatic rings. The van der Waals surface area contributed by atoms with Crippen molar-refractivity contribution >= 4 is 33.5 Å². The number of thioether (sulfide) groups is 1. The first-order chi connectivity index (χ1) is 20.5. The van der Waals surface area contributed by atoms with Crippen molar-refractivity contribution in [1.82, 2.24) is 10.2 Å². The molecule has 1 amide bonds. The summed E-state index contributed by atoms with van der Waals surface area (Å²) in [5.41, 5.74) is 5.09. The monoisotopic (exact) mass is 624 g/mol. The molecule has 10 heteroatoms. The van der Waals surface area contributed by atoms with E-state index >= 15 is 0 Å². The van der Waals surface area contributed by atoms with Crippen molar-refractivity contribution in [3.05, 3.63) is 95.1 Å². The number of aryl methyl sites for hydroxylation is 1. The van der Waals surface area contributed by atoms with Crippen molar-refractivity contribution in [2.75, 3.05) is 31.4 Å². The zero-order chi connectivity index (χ0) is 31.0. The van der Waals surface area contributed by atoms with Crippen LogP contribution < -0.4 is 5.32 Å². The largest absolute Gasteiger partial charge is 0.480 e. The van der Waals surface area contributed by atoms with E-state index in [1.54, 1.807) is 6.07 Å². The summed E-state index contributed by atoms with van der Waals surface area (Å²) in [6.07, 6.45) is 4.01. The molecule has 0 saturated carbocycles. The number of hydrogen-bond donors (Lipinski definition) is 2. The van der Waals surface area contributed by atoms with E-state index in [2.05, 4.69) is 28.6 Å². The van der Waals surface area contributed by atoms with Crippen molar-refractivity contribution < 1.29 is 27.9 Å². The molecular formula is C33H40N2O6S2. The molecule has 1 aliphatic heterocycles. The molecule has 3 aromatic carbocycles. The number of carbonyl (C=O) groups excluding carboxylic acids is 1. The molecule has 1 fully saturated rings. The Morgan fingerprint density at radius 2 is 1.77 bits per heavy atom. The predicted octanol–water partition coefficient (Wildman–Crippen LogP) is 4.80. The minimum atomic E-state index is -3.39. The summed E-state index contributed by atoms with van der Waals surface area (Å²) in [6.45, 7) is 4.78. The first-order valence-electron chi connectivity index (χ1n) is 14.3. The Labute approximate surface area is 258 Å². The van der Waals surface area contributed by atoms with Crippen molar-refractivity contribution in [1.29, 1.82) is 0 Å². The molecule has 0 spiro atoms. The highest BCUT2D eigenvalue weighted by Gasteiger charge is 2.32. The normalized spacial score (nSPS) is 17.9. The Kier molecular flexibility index (Phi) is 11.4. The van der Waals surface area contributed by atoms with Crippen LogP contribution in [0.1, 0.15) is 39.9 Å². The molecule has 0 bridgehead atoms. The standard InChI is InChI=1S/C33H40N2O6S2/c1-23-9-7-8-12-28(23)30-17-25(13-14-29(30)32(36)34-31(33(37)38)15-16-43(3,39)40)19-35-20-27(42-2)18-26(35)22-41-21-24-10-5-4-6-11-24/h4-14,17,26-27,31H,15-16,18-22H2,1-3H3,(H,34,36)(H,37,38)/t26-,27?,31-/m0/s1. The summed E-state index contributed by atoms with van der Waals surface area (Å²) in [6, 6.07) is 22.5. The van der Waals surface area contributed by atoms with Gasteiger partial charge in [0.1, 0.15) is 15.9 Å². The number of benzene rings is 3. The molecule has 0 radical (unpaired) electrons. The smallest absolute Gasteiger partial charge is 0.326 e. The Hall–Kier alpha value is -3.18. The molecule has 8 nitrogen and oxygen atoms in total. The molecule has 1 heterocycles. The number of sulfone groups is 1. The average molecular weight is 625 g/mol. The van der Waals surface area contributed by atoms with E-state index < -0.39 is 27.8 Å². The molecule has 1 unspecified atom stereocenters. The summed E-state index contributed by atoms with van der Waals surface area (Å²) in [7, 11) is -3.39. The molecule has 43 heavy (non-hydrogen) atoms. The van der Waals surface area contributed by atoms with E-state index in [4.69, 9.17) is 4.74 Å². The van der Waals surface area contributed by atoms with Gasteiger partial charge in [-0.1, -0.05) is 60.7 Å². The third-order valence-corrected chi connectivity index (χ3v) is 9.76. The molecular weight excluding hydrogens is 585 g/mol. The zero-order valence-corrected chi connectivity index (χ0v) is 26.5. The fourth-order valence-electron chi connectivity index (χ4n) is 5.41. The second-order valence-corrected chi connectivity index (χ2v) is 14.6. The molecule has 3 atom stereocenters. The fraction of sp³-hybridized carbons (Fsp3) is 0.394. The lowest BCUT2D eigenvalue weighted by Gasteiger charge is -2.25. The molecule has 2 N–H and O–H groups in total. The first kappa shape index (κ1) is 32.7. The second-order valence-electron chi connectivity index (χ2n) is 11.2. The van der Waals surface area contributed by atoms with Crippen LogP contribution in [0.2, 0.25) is 0 Å². The van der Waals surface area contributed by atoms with E-state index in [0.717, 1.165) is 41.5 Å². The van der Waals surface area contributed by atoms with Gasteiger partial charge in [-0.2, -0.15) is 11.8 Å². The lowest BCUT2D eigenvalue weighted by atomic mass is 9.93. The van der Waals surface area contributed by atoms with Crippen LogP contribution >= 0.6 is 11.8 Å². The lowest BCUT2D eigenvalue weighted by Crippen LogP contribution is -2.42. The SMILES string of the molecule is CSC1C[C@@H](COCc2ccccc2)N(Cc2ccc(C(=O)N[C@@H](CCS(C)(=O)=O)C(=O)O)c(-c3ccccc3C)c2)C1. The third-order valence-electron chi connectivity index (χ3n) is 7.77. The number of carboxylic acid groups (broad SMARTS) is 1. The van der Waals surface area contributed by atoms with E-state index in [0.29, 0.717) is 36.1 Å². The first-order valence-corrected chi connectivity index (χ1v) is 17.7. The van der Waals surface area contributed by atoms with Gasteiger partial charge >= 0.3 is 5.97 Å². The predicted molar refractivity (Wildman–Crippen MR) is 172 cm³/mol. The number of likely N-dealkylation sites (tertiary alicyclic amines) is 1. The quantitative estimate of drug-likeness (QED) is 0.263. The van der Waals surface area contributed by atoms with Gasteiger partial charge in [0.25, 0.3) is 5.91 Å². The van der Waals surface area contributed by atoms with Crippen LogP contribution in [0, 0.1) is 6.92 Å². The Balaban J connectivity index is 1.56. The molecule has 0 aromatic heterocycles. The third kappa shape index (κ3) is 9.40. The highest BCUT2D eigenvalue weighted by atomic mass is 32.2. The van der Waals surface area contributed by atoms with Crippen LogP contribution in [0.25, 0.3) is 11.1 Å². The van der Waals surface area contributed by atoms with Gasteiger partial charge in [0.2, 0.25) is 0 Å². The topological polar surface area (TPSA) is 113 Å². The summed E-state index contributed by atoms with van der Waals surface area (Å²) < 4.78 is 29.4. The van der Waals surface area contributed by atoms with Crippen LogP contribution in [0.15, 0.2) is 72.8 Å². The Morgan fingerprint density at radius 3 is 2.44 bits per heavy atom. The van der Waals surface area contributed by atoms with Crippen molar-refractivity contribution in [2.45, 2.75) is 50.3 Å². The molecule has 1 saturated heterocycles. The number of carboxylic acids is 1. The number of hydrogen-bond acceptors (Lipinski definition) is 7. The van der Waals surface area contributed by atoms with Gasteiger partial charge in [-0.3, -0.25) is 9.69 Å². The molecule has 1 aliphatic rings. The minimum Gasteiger partial charge on any atom is -0.480 e. The Bertz CT molecular complexity index is 1510. The Morgan fingerprint density at radius 1 is 1.05 bits per heavy atom. The van der Waals surface area contributed by atoms with Crippen LogP contribution in [-0.2, 0) is 32.5 Å². The second kappa shape index (κ2) is 15.0. The van der Waals surface area contributed by atoms with Gasteiger partial charge in [0.15, 0.2) is 0 Å². The van der Waals surface area contributed by atoms with E-state index in [1.165, 1.54) is 0 Å². The number of nitrogens with zero attached hydrogens (tertiary/aromatic N) is 1. The maximum absolute atomic E-state index is 13.5. The van der Waals surface area contributed by atoms with Crippen LogP contribution in [-0.4, -0.2) is 79.1 Å². The number of carbonyl (C=O) groups is 2. The number of amides is 1. The van der Waals surface area contributed by atoms with Gasteiger partial charge in [0, 0.05) is 36.2 Å². The van der Waals surface area contributed by atoms with Crippen LogP contribution in [0.5, 0.6) is 0 Å². The lowest BCUT2D eigenvalue weighted by molar-refractivity contribution is -0.139. The van der Waals surface area contributed by atoms with Crippen LogP contribution in [0.3, 0.4) is 0 Å². The maximum Gasteiger partial charge on any atom is 0.326 e. The highest BCUT2D eigenvalue weighted by molar-refractivity contribution is 7.99. The van der Waals surface area contributed by atoms with Gasteiger partial charge in [-0.15, -0.1) is 0 Å². The van der Waals surface area contributed by atoms with E-state index in [9.17, 15) is 23.1 Å². The van der Waals surface area contributed by atoms with Crippen LogP contribution in [0.4, 0.5) is 0 Å². The van der Waals surface area contributed by atoms with Crippen molar-refractivity contribution in [3.63, 3.8) is 0 Å².